The van der Waals surface area contributed by atoms with Crippen LogP contribution in [0.2, 0.25) is 0 Å². The van der Waals surface area contributed by atoms with Crippen molar-refractivity contribution < 1.29 is 5.11 Å². The molecule has 2 aromatic rings. The third-order valence-electron chi connectivity index (χ3n) is 5.35. The second-order valence-corrected chi connectivity index (χ2v) is 7.42. The average Bonchev–Trinajstić information content (AvgIpc) is 3.32. The fourth-order valence-electron chi connectivity index (χ4n) is 3.66. The summed E-state index contributed by atoms with van der Waals surface area (Å²) in [4.78, 5) is 8.41. The van der Waals surface area contributed by atoms with Crippen LogP contribution >= 0.6 is 0 Å². The Morgan fingerprint density at radius 1 is 1.22 bits per heavy atom. The molecule has 0 aliphatic heterocycles. The van der Waals surface area contributed by atoms with Gasteiger partial charge in [0, 0.05) is 5.92 Å². The number of fused-ring (bicyclic) bond motifs is 1. The Hall–Kier alpha value is -2.57. The van der Waals surface area contributed by atoms with Gasteiger partial charge in [-0.05, 0) is 45.4 Å². The number of terminal acetylenes is 1. The van der Waals surface area contributed by atoms with Gasteiger partial charge in [-0.25, -0.2) is 4.98 Å². The second-order valence-electron chi connectivity index (χ2n) is 7.42. The topological polar surface area (TPSA) is 89.3 Å². The van der Waals surface area contributed by atoms with Crippen molar-refractivity contribution in [3.05, 3.63) is 17.6 Å². The first-order valence-electron chi connectivity index (χ1n) is 9.70. The molecule has 2 heterocycles. The quantitative estimate of drug-likeness (QED) is 0.701. The average molecular weight is 365 g/mol. The van der Waals surface area contributed by atoms with E-state index in [2.05, 4.69) is 32.8 Å². The van der Waals surface area contributed by atoms with Gasteiger partial charge in [0.1, 0.15) is 17.7 Å². The maximum atomic E-state index is 9.26. The molecule has 0 bridgehead atoms. The van der Waals surface area contributed by atoms with Crippen LogP contribution in [0, 0.1) is 37.0 Å². The van der Waals surface area contributed by atoms with Crippen LogP contribution in [0.4, 0.5) is 5.82 Å². The van der Waals surface area contributed by atoms with Crippen LogP contribution in [0.15, 0.2) is 6.33 Å². The molecule has 142 valence electrons. The smallest absolute Gasteiger partial charge is 0.254 e. The Bertz CT molecular complexity index is 887. The number of nitrogens with zero attached hydrogens (tertiary/aromatic N) is 4. The van der Waals surface area contributed by atoms with Gasteiger partial charge in [-0.1, -0.05) is 37.0 Å². The van der Waals surface area contributed by atoms with E-state index in [9.17, 15) is 5.11 Å². The van der Waals surface area contributed by atoms with Crippen LogP contribution in [-0.2, 0) is 0 Å². The lowest BCUT2D eigenvalue weighted by atomic mass is 9.89. The van der Waals surface area contributed by atoms with E-state index in [0.717, 1.165) is 36.9 Å². The number of hydrogen-bond donors (Lipinski definition) is 2. The highest BCUT2D eigenvalue weighted by Crippen LogP contribution is 2.28. The molecule has 0 radical (unpaired) electrons. The molecule has 2 aliphatic rings. The Morgan fingerprint density at radius 3 is 2.56 bits per heavy atom. The van der Waals surface area contributed by atoms with Crippen LogP contribution in [0.25, 0.3) is 5.78 Å². The Morgan fingerprint density at radius 2 is 1.93 bits per heavy atom. The maximum absolute atomic E-state index is 9.26. The van der Waals surface area contributed by atoms with Gasteiger partial charge in [-0.2, -0.15) is 14.6 Å². The molecule has 2 fully saturated rings. The van der Waals surface area contributed by atoms with E-state index in [1.54, 1.807) is 0 Å². The number of hydrogen-bond acceptors (Lipinski definition) is 5. The molecule has 0 atom stereocenters. The lowest BCUT2D eigenvalue weighted by Gasteiger charge is -2.15. The molecule has 0 saturated heterocycles. The summed E-state index contributed by atoms with van der Waals surface area (Å²) in [5.74, 6) is 10.5. The van der Waals surface area contributed by atoms with Gasteiger partial charge in [0.05, 0.1) is 11.3 Å². The minimum atomic E-state index is -0.736. The highest BCUT2D eigenvalue weighted by molar-refractivity contribution is 5.57. The first-order chi connectivity index (χ1) is 13.0. The van der Waals surface area contributed by atoms with Crippen LogP contribution in [-0.4, -0.2) is 30.3 Å². The second kappa shape index (κ2) is 8.41. The van der Waals surface area contributed by atoms with Gasteiger partial charge in [-0.3, -0.25) is 0 Å². The van der Waals surface area contributed by atoms with E-state index in [-0.39, 0.29) is 0 Å². The Kier molecular flexibility index (Phi) is 5.98. The highest BCUT2D eigenvalue weighted by Gasteiger charge is 2.27. The summed E-state index contributed by atoms with van der Waals surface area (Å²) in [6, 6.07) is 0. The molecular formula is C21H27N5O. The molecule has 4 rings (SSSR count). The molecule has 6 heteroatoms. The van der Waals surface area contributed by atoms with Crippen molar-refractivity contribution in [2.45, 2.75) is 70.3 Å². The molecule has 2 aliphatic carbocycles. The minimum absolute atomic E-state index is 0.499. The van der Waals surface area contributed by atoms with E-state index < -0.39 is 5.60 Å². The minimum Gasteiger partial charge on any atom is -0.382 e. The van der Waals surface area contributed by atoms with Crippen LogP contribution in [0.1, 0.15) is 69.0 Å². The first kappa shape index (κ1) is 19.2. The molecule has 0 aromatic carbocycles. The standard InChI is InChI=1S/C14H17N5.C7H10O/c1-10-12(8-7-11-5-3-2-4-6-11)13(15)19-14(18-10)16-9-17-19;1-2-7(8)5-3-4-6-7/h9,11H,2-6,15H2,1H3;1,8H,3-6H2. The van der Waals surface area contributed by atoms with Crippen molar-refractivity contribution in [1.82, 2.24) is 19.6 Å². The zero-order valence-corrected chi connectivity index (χ0v) is 15.9. The summed E-state index contributed by atoms with van der Waals surface area (Å²) < 4.78 is 1.54. The Labute approximate surface area is 160 Å². The summed E-state index contributed by atoms with van der Waals surface area (Å²) in [7, 11) is 0. The van der Waals surface area contributed by atoms with Crippen molar-refractivity contribution in [3.8, 4) is 24.2 Å². The van der Waals surface area contributed by atoms with Crippen molar-refractivity contribution in [2.75, 3.05) is 5.73 Å². The van der Waals surface area contributed by atoms with E-state index in [4.69, 9.17) is 12.2 Å². The molecule has 2 aromatic heterocycles. The molecule has 2 saturated carbocycles. The van der Waals surface area contributed by atoms with Crippen molar-refractivity contribution >= 4 is 11.6 Å². The molecule has 0 amide bonds. The normalized spacial score (nSPS) is 18.9. The molecule has 0 spiro atoms. The lowest BCUT2D eigenvalue weighted by Crippen LogP contribution is -2.20. The zero-order chi connectivity index (χ0) is 19.3. The number of nitrogens with two attached hydrogens (primary N) is 1. The fourth-order valence-corrected chi connectivity index (χ4v) is 3.66. The number of anilines is 1. The number of aliphatic hydroxyl groups is 1. The fraction of sp³-hybridized carbons (Fsp3) is 0.571. The number of aromatic nitrogens is 4. The van der Waals surface area contributed by atoms with E-state index in [0.29, 0.717) is 17.5 Å². The van der Waals surface area contributed by atoms with Gasteiger partial charge in [0.15, 0.2) is 0 Å². The molecule has 0 unspecified atom stereocenters. The third kappa shape index (κ3) is 4.59. The molecule has 3 N–H and O–H groups in total. The van der Waals surface area contributed by atoms with Crippen LogP contribution in [0.3, 0.4) is 0 Å². The van der Waals surface area contributed by atoms with Crippen molar-refractivity contribution in [3.63, 3.8) is 0 Å². The van der Waals surface area contributed by atoms with Crippen LogP contribution in [0.5, 0.6) is 0 Å². The Balaban J connectivity index is 0.000000221. The van der Waals surface area contributed by atoms with Gasteiger partial charge < -0.3 is 10.8 Å². The highest BCUT2D eigenvalue weighted by atomic mass is 16.3. The van der Waals surface area contributed by atoms with Gasteiger partial charge in [0.2, 0.25) is 0 Å². The first-order valence-corrected chi connectivity index (χ1v) is 9.70. The zero-order valence-electron chi connectivity index (χ0n) is 15.9. The summed E-state index contributed by atoms with van der Waals surface area (Å²) >= 11 is 0. The van der Waals surface area contributed by atoms with Gasteiger partial charge in [0.25, 0.3) is 5.78 Å². The predicted molar refractivity (Wildman–Crippen MR) is 106 cm³/mol. The number of rotatable bonds is 0. The van der Waals surface area contributed by atoms with Gasteiger partial charge >= 0.3 is 0 Å². The molecule has 6 nitrogen and oxygen atoms in total. The van der Waals surface area contributed by atoms with Crippen molar-refractivity contribution in [1.29, 1.82) is 0 Å². The van der Waals surface area contributed by atoms with Crippen molar-refractivity contribution in [2.24, 2.45) is 5.92 Å². The largest absolute Gasteiger partial charge is 0.382 e. The van der Waals surface area contributed by atoms with E-state index >= 15 is 0 Å². The molecule has 27 heavy (non-hydrogen) atoms. The summed E-state index contributed by atoms with van der Waals surface area (Å²) in [5.41, 5.74) is 6.96. The lowest BCUT2D eigenvalue weighted by molar-refractivity contribution is 0.110. The predicted octanol–water partition coefficient (Wildman–Crippen LogP) is 2.87. The van der Waals surface area contributed by atoms with Crippen LogP contribution < -0.4 is 5.73 Å². The monoisotopic (exact) mass is 365 g/mol. The number of aryl methyl sites for hydroxylation is 1. The third-order valence-corrected chi connectivity index (χ3v) is 5.35. The summed E-state index contributed by atoms with van der Waals surface area (Å²) in [6.07, 6.45) is 16.6. The SMILES string of the molecule is C#CC1(O)CCCC1.Cc1nc2ncnn2c(N)c1C#CC1CCCCC1. The van der Waals surface area contributed by atoms with Gasteiger partial charge in [-0.15, -0.1) is 6.42 Å². The maximum Gasteiger partial charge on any atom is 0.254 e. The van der Waals surface area contributed by atoms with E-state index in [1.807, 2.05) is 6.92 Å². The summed E-state index contributed by atoms with van der Waals surface area (Å²) in [6.45, 7) is 1.91. The van der Waals surface area contributed by atoms with E-state index in [1.165, 1.54) is 42.9 Å². The molecular weight excluding hydrogens is 338 g/mol. The number of nitrogen functional groups attached to an aromatic ring is 1. The summed E-state index contributed by atoms with van der Waals surface area (Å²) in [5, 5.41) is 13.3.